The molecule has 0 fully saturated rings. The first-order valence-corrected chi connectivity index (χ1v) is 7.15. The van der Waals surface area contributed by atoms with Crippen molar-refractivity contribution in [1.29, 1.82) is 0 Å². The van der Waals surface area contributed by atoms with Crippen LogP contribution in [0.4, 0.5) is 0 Å². The number of fused-ring (bicyclic) bond motifs is 1. The van der Waals surface area contributed by atoms with Crippen molar-refractivity contribution in [3.8, 4) is 11.5 Å². The predicted molar refractivity (Wildman–Crippen MR) is 79.1 cm³/mol. The molecule has 0 aromatic heterocycles. The highest BCUT2D eigenvalue weighted by molar-refractivity contribution is 5.93. The fraction of sp³-hybridized carbons (Fsp3) is 0.400. The van der Waals surface area contributed by atoms with Gasteiger partial charge < -0.3 is 24.8 Å². The third-order valence-electron chi connectivity index (χ3n) is 3.06. The van der Waals surface area contributed by atoms with Crippen LogP contribution in [-0.2, 0) is 14.3 Å². The van der Waals surface area contributed by atoms with Gasteiger partial charge >= 0.3 is 5.97 Å². The lowest BCUT2D eigenvalue weighted by Gasteiger charge is -2.13. The molecule has 23 heavy (non-hydrogen) atoms. The molecule has 1 aliphatic heterocycles. The molecule has 1 atom stereocenters. The van der Waals surface area contributed by atoms with Crippen molar-refractivity contribution in [3.63, 3.8) is 0 Å². The maximum Gasteiger partial charge on any atom is 0.338 e. The van der Waals surface area contributed by atoms with Crippen molar-refractivity contribution in [2.24, 2.45) is 0 Å². The van der Waals surface area contributed by atoms with Gasteiger partial charge in [-0.2, -0.15) is 0 Å². The highest BCUT2D eigenvalue weighted by Crippen LogP contribution is 2.32. The van der Waals surface area contributed by atoms with E-state index < -0.39 is 24.5 Å². The first kappa shape index (κ1) is 16.6. The molecule has 8 heteroatoms. The Bertz CT molecular complexity index is 616. The van der Waals surface area contributed by atoms with E-state index >= 15 is 0 Å². The van der Waals surface area contributed by atoms with Crippen molar-refractivity contribution in [2.75, 3.05) is 19.9 Å². The average Bonchev–Trinajstić information content (AvgIpc) is 3.00. The van der Waals surface area contributed by atoms with Gasteiger partial charge in [0.15, 0.2) is 18.1 Å². The molecule has 0 saturated heterocycles. The molecule has 0 aliphatic carbocycles. The summed E-state index contributed by atoms with van der Waals surface area (Å²) in [5.41, 5.74) is 0.249. The van der Waals surface area contributed by atoms with Crippen molar-refractivity contribution in [2.45, 2.75) is 19.9 Å². The summed E-state index contributed by atoms with van der Waals surface area (Å²) in [7, 11) is 0. The Labute approximate surface area is 133 Å². The molecule has 2 amide bonds. The molecule has 2 rings (SSSR count). The SMILES string of the molecule is CCNC(=O)[C@H](C)NC(=O)COC(=O)c1ccc2c(c1)OCO2. The summed E-state index contributed by atoms with van der Waals surface area (Å²) in [5, 5.41) is 5.02. The Kier molecular flexibility index (Phi) is 5.40. The summed E-state index contributed by atoms with van der Waals surface area (Å²) in [5.74, 6) is -0.520. The predicted octanol–water partition coefficient (Wildman–Crippen LogP) is 0.213. The molecular weight excluding hydrogens is 304 g/mol. The number of amides is 2. The fourth-order valence-electron chi connectivity index (χ4n) is 1.91. The van der Waals surface area contributed by atoms with Gasteiger partial charge in [0.25, 0.3) is 5.91 Å². The van der Waals surface area contributed by atoms with E-state index in [0.29, 0.717) is 18.0 Å². The minimum Gasteiger partial charge on any atom is -0.454 e. The molecule has 1 aromatic carbocycles. The van der Waals surface area contributed by atoms with E-state index in [1.54, 1.807) is 19.9 Å². The Hall–Kier alpha value is -2.77. The third-order valence-corrected chi connectivity index (χ3v) is 3.06. The van der Waals surface area contributed by atoms with Crippen molar-refractivity contribution in [3.05, 3.63) is 23.8 Å². The van der Waals surface area contributed by atoms with Crippen LogP contribution in [0.25, 0.3) is 0 Å². The van der Waals surface area contributed by atoms with E-state index in [1.807, 2.05) is 0 Å². The maximum atomic E-state index is 11.9. The lowest BCUT2D eigenvalue weighted by molar-refractivity contribution is -0.130. The van der Waals surface area contributed by atoms with Gasteiger partial charge in [-0.15, -0.1) is 0 Å². The second-order valence-electron chi connectivity index (χ2n) is 4.83. The largest absolute Gasteiger partial charge is 0.454 e. The Balaban J connectivity index is 1.82. The number of carbonyl (C=O) groups excluding carboxylic acids is 3. The number of benzene rings is 1. The van der Waals surface area contributed by atoms with Crippen molar-refractivity contribution >= 4 is 17.8 Å². The molecule has 0 spiro atoms. The Morgan fingerprint density at radius 3 is 2.74 bits per heavy atom. The quantitative estimate of drug-likeness (QED) is 0.726. The third kappa shape index (κ3) is 4.35. The summed E-state index contributed by atoms with van der Waals surface area (Å²) in [6, 6.07) is 3.90. The van der Waals surface area contributed by atoms with Crippen LogP contribution in [-0.4, -0.2) is 43.8 Å². The molecule has 1 aliphatic rings. The van der Waals surface area contributed by atoms with Crippen LogP contribution in [0.1, 0.15) is 24.2 Å². The molecule has 0 saturated carbocycles. The normalized spacial score (nSPS) is 13.1. The van der Waals surface area contributed by atoms with Gasteiger partial charge in [0, 0.05) is 6.54 Å². The van der Waals surface area contributed by atoms with Gasteiger partial charge in [-0.1, -0.05) is 0 Å². The minimum absolute atomic E-state index is 0.105. The number of carbonyl (C=O) groups is 3. The Morgan fingerprint density at radius 2 is 2.00 bits per heavy atom. The summed E-state index contributed by atoms with van der Waals surface area (Å²) in [4.78, 5) is 35.1. The number of hydrogen-bond acceptors (Lipinski definition) is 6. The molecule has 8 nitrogen and oxygen atoms in total. The molecule has 1 heterocycles. The van der Waals surface area contributed by atoms with Crippen LogP contribution < -0.4 is 20.1 Å². The molecule has 0 bridgehead atoms. The summed E-state index contributed by atoms with van der Waals surface area (Å²) in [6.45, 7) is 3.42. The second kappa shape index (κ2) is 7.48. The topological polar surface area (TPSA) is 103 Å². The van der Waals surface area contributed by atoms with Crippen LogP contribution in [0.3, 0.4) is 0 Å². The molecule has 0 radical (unpaired) electrons. The first-order chi connectivity index (χ1) is 11.0. The van der Waals surface area contributed by atoms with Crippen molar-refractivity contribution in [1.82, 2.24) is 10.6 Å². The van der Waals surface area contributed by atoms with Crippen LogP contribution in [0.5, 0.6) is 11.5 Å². The van der Waals surface area contributed by atoms with Crippen LogP contribution in [0.15, 0.2) is 18.2 Å². The zero-order valence-corrected chi connectivity index (χ0v) is 12.9. The number of nitrogens with one attached hydrogen (secondary N) is 2. The molecular formula is C15H18N2O6. The highest BCUT2D eigenvalue weighted by Gasteiger charge is 2.19. The second-order valence-corrected chi connectivity index (χ2v) is 4.83. The van der Waals surface area contributed by atoms with E-state index in [2.05, 4.69) is 10.6 Å². The zero-order valence-electron chi connectivity index (χ0n) is 12.9. The molecule has 124 valence electrons. The number of hydrogen-bond donors (Lipinski definition) is 2. The Morgan fingerprint density at radius 1 is 1.26 bits per heavy atom. The zero-order chi connectivity index (χ0) is 16.8. The summed E-state index contributed by atoms with van der Waals surface area (Å²) < 4.78 is 15.2. The van der Waals surface area contributed by atoms with Crippen LogP contribution in [0.2, 0.25) is 0 Å². The lowest BCUT2D eigenvalue weighted by atomic mass is 10.2. The number of esters is 1. The van der Waals surface area contributed by atoms with E-state index in [9.17, 15) is 14.4 Å². The van der Waals surface area contributed by atoms with Gasteiger partial charge in [0.1, 0.15) is 6.04 Å². The number of likely N-dealkylation sites (N-methyl/N-ethyl adjacent to an activating group) is 1. The van der Waals surface area contributed by atoms with Gasteiger partial charge in [0.2, 0.25) is 12.7 Å². The highest BCUT2D eigenvalue weighted by atomic mass is 16.7. The van der Waals surface area contributed by atoms with Crippen LogP contribution >= 0.6 is 0 Å². The summed E-state index contributed by atoms with van der Waals surface area (Å²) >= 11 is 0. The summed E-state index contributed by atoms with van der Waals surface area (Å²) in [6.07, 6.45) is 0. The minimum atomic E-state index is -0.702. The number of rotatable bonds is 6. The van der Waals surface area contributed by atoms with E-state index in [-0.39, 0.29) is 18.3 Å². The van der Waals surface area contributed by atoms with Gasteiger partial charge in [-0.25, -0.2) is 4.79 Å². The van der Waals surface area contributed by atoms with E-state index in [0.717, 1.165) is 0 Å². The van der Waals surface area contributed by atoms with Gasteiger partial charge in [0.05, 0.1) is 5.56 Å². The van der Waals surface area contributed by atoms with Crippen molar-refractivity contribution < 1.29 is 28.6 Å². The first-order valence-electron chi connectivity index (χ1n) is 7.15. The standard InChI is InChI=1S/C15H18N2O6/c1-3-16-14(19)9(2)17-13(18)7-21-15(20)10-4-5-11-12(6-10)23-8-22-11/h4-6,9H,3,7-8H2,1-2H3,(H,16,19)(H,17,18)/t9-/m0/s1. The molecule has 2 N–H and O–H groups in total. The van der Waals surface area contributed by atoms with Crippen LogP contribution in [0, 0.1) is 0 Å². The fourth-order valence-corrected chi connectivity index (χ4v) is 1.91. The smallest absolute Gasteiger partial charge is 0.338 e. The van der Waals surface area contributed by atoms with Gasteiger partial charge in [-0.3, -0.25) is 9.59 Å². The maximum absolute atomic E-state index is 11.9. The van der Waals surface area contributed by atoms with E-state index in [1.165, 1.54) is 12.1 Å². The van der Waals surface area contributed by atoms with E-state index in [4.69, 9.17) is 14.2 Å². The monoisotopic (exact) mass is 322 g/mol. The lowest BCUT2D eigenvalue weighted by Crippen LogP contribution is -2.46. The van der Waals surface area contributed by atoms with Gasteiger partial charge in [-0.05, 0) is 32.0 Å². The average molecular weight is 322 g/mol. The molecule has 0 unspecified atom stereocenters. The molecule has 1 aromatic rings. The number of ether oxygens (including phenoxy) is 3.